The molecule has 0 fully saturated rings. The van der Waals surface area contributed by atoms with Gasteiger partial charge < -0.3 is 5.73 Å². The molecule has 0 spiro atoms. The molecular formula is C22H21IN4. The number of rotatable bonds is 6. The molecule has 0 aliphatic rings. The second-order valence-electron chi connectivity index (χ2n) is 5.97. The van der Waals surface area contributed by atoms with E-state index in [9.17, 15) is 0 Å². The molecule has 27 heavy (non-hydrogen) atoms. The summed E-state index contributed by atoms with van der Waals surface area (Å²) in [6.07, 6.45) is 2.59. The van der Waals surface area contributed by atoms with Crippen LogP contribution in [0.3, 0.4) is 0 Å². The third kappa shape index (κ3) is 5.92. The molecule has 0 amide bonds. The van der Waals surface area contributed by atoms with Crippen molar-refractivity contribution in [2.75, 3.05) is 6.54 Å². The Morgan fingerprint density at radius 2 is 1.56 bits per heavy atom. The van der Waals surface area contributed by atoms with Crippen molar-refractivity contribution >= 4 is 34.8 Å². The van der Waals surface area contributed by atoms with Gasteiger partial charge in [0.1, 0.15) is 0 Å². The smallest absolute Gasteiger partial charge is 0.209 e. The highest BCUT2D eigenvalue weighted by Crippen LogP contribution is 2.18. The average molecular weight is 468 g/mol. The van der Waals surface area contributed by atoms with Gasteiger partial charge in [-0.15, -0.1) is 0 Å². The van der Waals surface area contributed by atoms with Gasteiger partial charge in [-0.2, -0.15) is 5.10 Å². The molecule has 0 aliphatic heterocycles. The second-order valence-corrected chi connectivity index (χ2v) is 7.13. The molecule has 0 saturated carbocycles. The van der Waals surface area contributed by atoms with Crippen molar-refractivity contribution < 1.29 is 0 Å². The summed E-state index contributed by atoms with van der Waals surface area (Å²) in [5.74, 6) is 0.318. The number of halogens is 1. The third-order valence-corrected chi connectivity index (χ3v) is 5.08. The van der Waals surface area contributed by atoms with E-state index in [1.807, 2.05) is 42.5 Å². The minimum absolute atomic E-state index is 0.318. The van der Waals surface area contributed by atoms with E-state index in [-0.39, 0.29) is 0 Å². The number of guanidine groups is 1. The summed E-state index contributed by atoms with van der Waals surface area (Å²) >= 11 is 2.33. The molecule has 136 valence electrons. The highest BCUT2D eigenvalue weighted by Gasteiger charge is 1.98. The molecule has 0 bridgehead atoms. The summed E-state index contributed by atoms with van der Waals surface area (Å²) < 4.78 is 1.24. The first-order valence-electron chi connectivity index (χ1n) is 8.70. The number of nitrogens with two attached hydrogens (primary N) is 1. The van der Waals surface area contributed by atoms with E-state index < -0.39 is 0 Å². The van der Waals surface area contributed by atoms with Gasteiger partial charge >= 0.3 is 0 Å². The van der Waals surface area contributed by atoms with Crippen LogP contribution in [-0.2, 0) is 6.42 Å². The van der Waals surface area contributed by atoms with E-state index in [1.54, 1.807) is 6.21 Å². The van der Waals surface area contributed by atoms with E-state index in [1.165, 1.54) is 20.3 Å². The van der Waals surface area contributed by atoms with Crippen LogP contribution in [0.2, 0.25) is 0 Å². The Labute approximate surface area is 173 Å². The Kier molecular flexibility index (Phi) is 6.98. The van der Waals surface area contributed by atoms with Gasteiger partial charge in [-0.1, -0.05) is 72.8 Å². The van der Waals surface area contributed by atoms with E-state index in [4.69, 9.17) is 5.73 Å². The maximum Gasteiger partial charge on any atom is 0.209 e. The predicted octanol–water partition coefficient (Wildman–Crippen LogP) is 4.44. The molecule has 0 unspecified atom stereocenters. The summed E-state index contributed by atoms with van der Waals surface area (Å²) in [4.78, 5) is 4.31. The quantitative estimate of drug-likeness (QED) is 0.243. The Hall–Kier alpha value is -2.67. The molecule has 5 heteroatoms. The summed E-state index contributed by atoms with van der Waals surface area (Å²) in [6.45, 7) is 0.625. The first kappa shape index (κ1) is 19.1. The number of nitrogens with zero attached hydrogens (tertiary/aromatic N) is 2. The maximum atomic E-state index is 5.86. The molecular weight excluding hydrogens is 447 g/mol. The van der Waals surface area contributed by atoms with Crippen LogP contribution in [0.5, 0.6) is 0 Å². The van der Waals surface area contributed by atoms with Gasteiger partial charge in [-0.25, -0.2) is 5.43 Å². The van der Waals surface area contributed by atoms with Crippen molar-refractivity contribution in [3.63, 3.8) is 0 Å². The van der Waals surface area contributed by atoms with Crippen molar-refractivity contribution in [3.8, 4) is 11.1 Å². The van der Waals surface area contributed by atoms with Gasteiger partial charge in [0.15, 0.2) is 0 Å². The predicted molar refractivity (Wildman–Crippen MR) is 122 cm³/mol. The minimum Gasteiger partial charge on any atom is -0.369 e. The van der Waals surface area contributed by atoms with Crippen LogP contribution in [0.25, 0.3) is 11.1 Å². The van der Waals surface area contributed by atoms with Crippen molar-refractivity contribution in [1.29, 1.82) is 0 Å². The number of hydrazone groups is 1. The van der Waals surface area contributed by atoms with Gasteiger partial charge in [-0.05, 0) is 57.3 Å². The van der Waals surface area contributed by atoms with Crippen LogP contribution >= 0.6 is 22.6 Å². The summed E-state index contributed by atoms with van der Waals surface area (Å²) in [5, 5.41) is 4.15. The van der Waals surface area contributed by atoms with Crippen molar-refractivity contribution in [2.45, 2.75) is 6.42 Å². The molecule has 0 atom stereocenters. The van der Waals surface area contributed by atoms with E-state index >= 15 is 0 Å². The Morgan fingerprint density at radius 1 is 0.889 bits per heavy atom. The largest absolute Gasteiger partial charge is 0.369 e. The fourth-order valence-corrected chi connectivity index (χ4v) is 3.26. The zero-order valence-electron chi connectivity index (χ0n) is 14.8. The monoisotopic (exact) mass is 468 g/mol. The van der Waals surface area contributed by atoms with Crippen LogP contribution in [0.15, 0.2) is 89.0 Å². The first-order chi connectivity index (χ1) is 13.2. The Bertz CT molecular complexity index is 919. The normalized spacial score (nSPS) is 11.7. The lowest BCUT2D eigenvalue weighted by Crippen LogP contribution is -2.27. The molecule has 0 saturated heterocycles. The van der Waals surface area contributed by atoms with Crippen LogP contribution in [-0.4, -0.2) is 18.7 Å². The van der Waals surface area contributed by atoms with E-state index in [0.717, 1.165) is 12.0 Å². The first-order valence-corrected chi connectivity index (χ1v) is 9.78. The number of benzene rings is 3. The summed E-state index contributed by atoms with van der Waals surface area (Å²) in [7, 11) is 0. The van der Waals surface area contributed by atoms with Gasteiger partial charge in [0.2, 0.25) is 5.96 Å². The number of aliphatic imine (C=N–C) groups is 1. The van der Waals surface area contributed by atoms with Crippen LogP contribution < -0.4 is 11.2 Å². The molecule has 4 nitrogen and oxygen atoms in total. The van der Waals surface area contributed by atoms with Gasteiger partial charge in [-0.3, -0.25) is 4.99 Å². The van der Waals surface area contributed by atoms with Gasteiger partial charge in [0.05, 0.1) is 6.21 Å². The van der Waals surface area contributed by atoms with Crippen molar-refractivity contribution in [1.82, 2.24) is 5.43 Å². The second kappa shape index (κ2) is 9.87. The molecule has 3 N–H and O–H groups in total. The molecule has 0 heterocycles. The topological polar surface area (TPSA) is 62.8 Å². The van der Waals surface area contributed by atoms with Crippen molar-refractivity contribution in [2.24, 2.45) is 15.8 Å². The molecule has 0 aliphatic carbocycles. The maximum absolute atomic E-state index is 5.86. The van der Waals surface area contributed by atoms with Gasteiger partial charge in [0, 0.05) is 10.1 Å². The fourth-order valence-electron chi connectivity index (χ4n) is 2.60. The number of nitrogens with one attached hydrogen (secondary N) is 1. The highest BCUT2D eigenvalue weighted by atomic mass is 127. The Balaban J connectivity index is 1.50. The molecule has 3 aromatic rings. The lowest BCUT2D eigenvalue weighted by molar-refractivity contribution is 0.922. The number of hydrogen-bond acceptors (Lipinski definition) is 2. The standard InChI is InChI=1S/C22H21IN4/c23-21-9-5-4-8-20(21)14-15-25-22(24)27-26-16-17-10-12-19(13-11-17)18-6-2-1-3-7-18/h1-13,16H,14-15H2,(H3,24,25,27). The van der Waals surface area contributed by atoms with Crippen molar-refractivity contribution in [3.05, 3.63) is 93.6 Å². The minimum atomic E-state index is 0.318. The lowest BCUT2D eigenvalue weighted by atomic mass is 10.0. The zero-order chi connectivity index (χ0) is 18.9. The van der Waals surface area contributed by atoms with Crippen LogP contribution in [0.4, 0.5) is 0 Å². The highest BCUT2D eigenvalue weighted by molar-refractivity contribution is 14.1. The van der Waals surface area contributed by atoms with Gasteiger partial charge in [0.25, 0.3) is 0 Å². The lowest BCUT2D eigenvalue weighted by Gasteiger charge is -2.03. The molecule has 0 radical (unpaired) electrons. The molecule has 3 rings (SSSR count). The van der Waals surface area contributed by atoms with Crippen LogP contribution in [0.1, 0.15) is 11.1 Å². The fraction of sp³-hybridized carbons (Fsp3) is 0.0909. The number of hydrogen-bond donors (Lipinski definition) is 2. The molecule has 3 aromatic carbocycles. The third-order valence-electron chi connectivity index (χ3n) is 4.03. The van der Waals surface area contributed by atoms with Crippen LogP contribution in [0, 0.1) is 3.57 Å². The summed E-state index contributed by atoms with van der Waals surface area (Å²) in [6, 6.07) is 26.8. The van der Waals surface area contributed by atoms with E-state index in [0.29, 0.717) is 12.5 Å². The van der Waals surface area contributed by atoms with E-state index in [2.05, 4.69) is 74.5 Å². The zero-order valence-corrected chi connectivity index (χ0v) is 17.0. The summed E-state index contributed by atoms with van der Waals surface area (Å²) in [5.41, 5.74) is 13.3. The average Bonchev–Trinajstić information content (AvgIpc) is 2.71. The molecule has 0 aromatic heterocycles. The SMILES string of the molecule is NC(=NCCc1ccccc1I)NN=Cc1ccc(-c2ccccc2)cc1. The Morgan fingerprint density at radius 3 is 2.30 bits per heavy atom.